The molecule has 0 amide bonds. The van der Waals surface area contributed by atoms with Crippen molar-refractivity contribution in [1.82, 2.24) is 9.80 Å². The van der Waals surface area contributed by atoms with Crippen LogP contribution in [0.15, 0.2) is 24.3 Å². The maximum Gasteiger partial charge on any atom is 0.307 e. The molecule has 1 N–H and O–H groups in total. The van der Waals surface area contributed by atoms with Crippen LogP contribution in [0.1, 0.15) is 32.3 Å². The van der Waals surface area contributed by atoms with Gasteiger partial charge in [0.15, 0.2) is 0 Å². The summed E-state index contributed by atoms with van der Waals surface area (Å²) in [6, 6.07) is 8.18. The summed E-state index contributed by atoms with van der Waals surface area (Å²) < 4.78 is 5.80. The number of hydrogen-bond donors (Lipinski definition) is 1. The molecule has 2 rings (SSSR count). The maximum absolute atomic E-state index is 11.1. The number of carboxylic acids is 1. The highest BCUT2D eigenvalue weighted by atomic mass is 16.5. The fraction of sp³-hybridized carbons (Fsp3) is 0.632. The molecule has 0 spiro atoms. The fourth-order valence-corrected chi connectivity index (χ4v) is 3.18. The Morgan fingerprint density at radius 2 is 2.00 bits per heavy atom. The van der Waals surface area contributed by atoms with Crippen molar-refractivity contribution in [3.63, 3.8) is 0 Å². The van der Waals surface area contributed by atoms with Gasteiger partial charge in [-0.15, -0.1) is 0 Å². The number of hydrogen-bond acceptors (Lipinski definition) is 4. The minimum Gasteiger partial charge on any atom is -0.492 e. The average Bonchev–Trinajstić information content (AvgIpc) is 2.60. The topological polar surface area (TPSA) is 53.0 Å². The molecular weight excluding hydrogens is 304 g/mol. The number of carboxylic acid groups (broad SMARTS) is 1. The zero-order chi connectivity index (χ0) is 17.4. The Bertz CT molecular complexity index is 500. The molecule has 24 heavy (non-hydrogen) atoms. The summed E-state index contributed by atoms with van der Waals surface area (Å²) in [6.45, 7) is 10.5. The number of aliphatic carboxylic acids is 1. The lowest BCUT2D eigenvalue weighted by molar-refractivity contribution is -0.143. The zero-order valence-corrected chi connectivity index (χ0v) is 14.9. The molecule has 1 aliphatic rings. The van der Waals surface area contributed by atoms with E-state index in [-0.39, 0.29) is 5.92 Å². The summed E-state index contributed by atoms with van der Waals surface area (Å²) in [4.78, 5) is 15.7. The molecule has 1 fully saturated rings. The molecule has 1 aromatic rings. The van der Waals surface area contributed by atoms with Crippen molar-refractivity contribution in [3.05, 3.63) is 29.8 Å². The zero-order valence-electron chi connectivity index (χ0n) is 14.9. The fourth-order valence-electron chi connectivity index (χ4n) is 3.18. The van der Waals surface area contributed by atoms with Gasteiger partial charge in [0.25, 0.3) is 0 Å². The van der Waals surface area contributed by atoms with Gasteiger partial charge in [-0.2, -0.15) is 0 Å². The van der Waals surface area contributed by atoms with Gasteiger partial charge < -0.3 is 14.7 Å². The summed E-state index contributed by atoms with van der Waals surface area (Å²) >= 11 is 0. The minimum absolute atomic E-state index is 0.221. The largest absolute Gasteiger partial charge is 0.492 e. The standard InChI is InChI=1S/C19H30N2O3/c1-3-20(4-2)12-13-24-18-9-7-16(8-10-18)14-21-11-5-6-17(15-21)19(22)23/h7-10,17H,3-6,11-15H2,1-2H3,(H,22,23). The number of piperidine rings is 1. The van der Waals surface area contributed by atoms with Gasteiger partial charge >= 0.3 is 5.97 Å². The molecule has 0 saturated carbocycles. The predicted molar refractivity (Wildman–Crippen MR) is 95.4 cm³/mol. The SMILES string of the molecule is CCN(CC)CCOc1ccc(CN2CCCC(C(=O)O)C2)cc1. The second-order valence-electron chi connectivity index (χ2n) is 6.43. The molecule has 1 heterocycles. The Hall–Kier alpha value is -1.59. The van der Waals surface area contributed by atoms with Crippen LogP contribution in [-0.2, 0) is 11.3 Å². The van der Waals surface area contributed by atoms with E-state index in [0.717, 1.165) is 51.3 Å². The molecular formula is C19H30N2O3. The smallest absolute Gasteiger partial charge is 0.307 e. The minimum atomic E-state index is -0.670. The molecule has 1 aliphatic heterocycles. The number of carbonyl (C=O) groups is 1. The summed E-state index contributed by atoms with van der Waals surface area (Å²) in [5, 5.41) is 9.17. The summed E-state index contributed by atoms with van der Waals surface area (Å²) in [5.74, 6) is 0.00560. The monoisotopic (exact) mass is 334 g/mol. The van der Waals surface area contributed by atoms with E-state index in [1.54, 1.807) is 0 Å². The highest BCUT2D eigenvalue weighted by molar-refractivity contribution is 5.70. The quantitative estimate of drug-likeness (QED) is 0.752. The lowest BCUT2D eigenvalue weighted by atomic mass is 9.98. The summed E-state index contributed by atoms with van der Waals surface area (Å²) in [5.41, 5.74) is 1.21. The van der Waals surface area contributed by atoms with Crippen LogP contribution in [0.4, 0.5) is 0 Å². The Morgan fingerprint density at radius 3 is 2.62 bits per heavy atom. The van der Waals surface area contributed by atoms with Crippen molar-refractivity contribution < 1.29 is 14.6 Å². The molecule has 134 valence electrons. The Balaban J connectivity index is 1.78. The number of ether oxygens (including phenoxy) is 1. The Labute approximate surface area is 145 Å². The van der Waals surface area contributed by atoms with E-state index in [1.807, 2.05) is 12.1 Å². The summed E-state index contributed by atoms with van der Waals surface area (Å²) in [6.07, 6.45) is 1.76. The van der Waals surface area contributed by atoms with Gasteiger partial charge in [0.05, 0.1) is 5.92 Å². The predicted octanol–water partition coefficient (Wildman–Crippen LogP) is 2.70. The summed E-state index contributed by atoms with van der Waals surface area (Å²) in [7, 11) is 0. The van der Waals surface area contributed by atoms with Crippen LogP contribution in [0.25, 0.3) is 0 Å². The van der Waals surface area contributed by atoms with E-state index in [1.165, 1.54) is 5.56 Å². The first kappa shape index (κ1) is 18.7. The van der Waals surface area contributed by atoms with Crippen molar-refractivity contribution in [3.8, 4) is 5.75 Å². The third-order valence-electron chi connectivity index (χ3n) is 4.75. The second-order valence-corrected chi connectivity index (χ2v) is 6.43. The van der Waals surface area contributed by atoms with Crippen LogP contribution in [-0.4, -0.2) is 60.2 Å². The van der Waals surface area contributed by atoms with Crippen LogP contribution in [0, 0.1) is 5.92 Å². The number of likely N-dealkylation sites (tertiary alicyclic amines) is 1. The van der Waals surface area contributed by atoms with E-state index < -0.39 is 5.97 Å². The molecule has 1 unspecified atom stereocenters. The van der Waals surface area contributed by atoms with Crippen molar-refractivity contribution in [2.75, 3.05) is 39.3 Å². The van der Waals surface area contributed by atoms with Crippen molar-refractivity contribution in [1.29, 1.82) is 0 Å². The normalized spacial score (nSPS) is 18.7. The number of likely N-dealkylation sites (N-methyl/N-ethyl adjacent to an activating group) is 1. The highest BCUT2D eigenvalue weighted by Crippen LogP contribution is 2.20. The van der Waals surface area contributed by atoms with Crippen LogP contribution in [0.3, 0.4) is 0 Å². The molecule has 0 radical (unpaired) electrons. The van der Waals surface area contributed by atoms with Crippen molar-refractivity contribution in [2.24, 2.45) is 5.92 Å². The molecule has 0 bridgehead atoms. The van der Waals surface area contributed by atoms with E-state index >= 15 is 0 Å². The molecule has 1 atom stereocenters. The lowest BCUT2D eigenvalue weighted by Crippen LogP contribution is -2.38. The molecule has 0 aromatic heterocycles. The number of rotatable bonds is 9. The van der Waals surface area contributed by atoms with Gasteiger partial charge in [0.2, 0.25) is 0 Å². The maximum atomic E-state index is 11.1. The third kappa shape index (κ3) is 5.80. The Morgan fingerprint density at radius 1 is 1.29 bits per heavy atom. The van der Waals surface area contributed by atoms with E-state index in [9.17, 15) is 4.79 Å². The second kappa shape index (κ2) is 9.64. The average molecular weight is 334 g/mol. The van der Waals surface area contributed by atoms with Crippen LogP contribution in [0.5, 0.6) is 5.75 Å². The Kier molecular flexibility index (Phi) is 7.53. The first-order chi connectivity index (χ1) is 11.6. The first-order valence-corrected chi connectivity index (χ1v) is 9.01. The van der Waals surface area contributed by atoms with E-state index in [0.29, 0.717) is 13.2 Å². The highest BCUT2D eigenvalue weighted by Gasteiger charge is 2.25. The van der Waals surface area contributed by atoms with Crippen molar-refractivity contribution in [2.45, 2.75) is 33.2 Å². The van der Waals surface area contributed by atoms with Gasteiger partial charge in [0, 0.05) is 19.6 Å². The van der Waals surface area contributed by atoms with Gasteiger partial charge in [-0.3, -0.25) is 9.69 Å². The van der Waals surface area contributed by atoms with Gasteiger partial charge in [-0.05, 0) is 50.2 Å². The number of nitrogens with zero attached hydrogens (tertiary/aromatic N) is 2. The van der Waals surface area contributed by atoms with E-state index in [2.05, 4.69) is 35.8 Å². The molecule has 5 heteroatoms. The van der Waals surface area contributed by atoms with E-state index in [4.69, 9.17) is 9.84 Å². The molecule has 1 aromatic carbocycles. The first-order valence-electron chi connectivity index (χ1n) is 9.01. The van der Waals surface area contributed by atoms with Crippen LogP contribution < -0.4 is 4.74 Å². The van der Waals surface area contributed by atoms with Gasteiger partial charge in [0.1, 0.15) is 12.4 Å². The van der Waals surface area contributed by atoms with Crippen LogP contribution in [0.2, 0.25) is 0 Å². The van der Waals surface area contributed by atoms with Crippen LogP contribution >= 0.6 is 0 Å². The van der Waals surface area contributed by atoms with Gasteiger partial charge in [-0.1, -0.05) is 26.0 Å². The molecule has 0 aliphatic carbocycles. The molecule has 5 nitrogen and oxygen atoms in total. The number of benzene rings is 1. The lowest BCUT2D eigenvalue weighted by Gasteiger charge is -2.30. The third-order valence-corrected chi connectivity index (χ3v) is 4.75. The van der Waals surface area contributed by atoms with Crippen molar-refractivity contribution >= 4 is 5.97 Å². The molecule has 1 saturated heterocycles. The van der Waals surface area contributed by atoms with Gasteiger partial charge in [-0.25, -0.2) is 0 Å².